The van der Waals surface area contributed by atoms with Gasteiger partial charge in [0.2, 0.25) is 0 Å². The molecule has 1 N–H and O–H groups in total. The van der Waals surface area contributed by atoms with Crippen LogP contribution in [0.15, 0.2) is 18.2 Å². The Morgan fingerprint density at radius 3 is 3.00 bits per heavy atom. The second-order valence-corrected chi connectivity index (χ2v) is 5.62. The summed E-state index contributed by atoms with van der Waals surface area (Å²) in [6.45, 7) is 3.23. The third kappa shape index (κ3) is 3.78. The minimum absolute atomic E-state index is 0.259. The van der Waals surface area contributed by atoms with Gasteiger partial charge in [0.25, 0.3) is 0 Å². The number of rotatable bonds is 4. The van der Waals surface area contributed by atoms with Gasteiger partial charge in [0.05, 0.1) is 17.7 Å². The van der Waals surface area contributed by atoms with Crippen LogP contribution in [0, 0.1) is 17.1 Å². The van der Waals surface area contributed by atoms with Gasteiger partial charge in [-0.15, -0.1) is 0 Å². The Kier molecular flexibility index (Phi) is 5.11. The average Bonchev–Trinajstić information content (AvgIpc) is 2.43. The van der Waals surface area contributed by atoms with Crippen molar-refractivity contribution in [2.45, 2.75) is 51.3 Å². The standard InChI is InChI=1S/C16H21FN2O/c1-12(20)8-15-4-2-3-7-19(15)11-14-9-13(10-18)5-6-16(14)17/h5-6,9,12,15,20H,2-4,7-8,11H2,1H3. The van der Waals surface area contributed by atoms with Gasteiger partial charge in [0, 0.05) is 18.2 Å². The number of aliphatic hydroxyl groups excluding tert-OH is 1. The van der Waals surface area contributed by atoms with Crippen LogP contribution in [0.25, 0.3) is 0 Å². The first kappa shape index (κ1) is 15.0. The lowest BCUT2D eigenvalue weighted by Crippen LogP contribution is -2.40. The molecule has 1 aliphatic rings. The molecular formula is C16H21FN2O. The minimum atomic E-state index is -0.337. The minimum Gasteiger partial charge on any atom is -0.393 e. The van der Waals surface area contributed by atoms with E-state index in [0.29, 0.717) is 23.7 Å². The summed E-state index contributed by atoms with van der Waals surface area (Å²) < 4.78 is 13.9. The molecule has 1 aliphatic heterocycles. The van der Waals surface area contributed by atoms with E-state index in [1.54, 1.807) is 13.0 Å². The molecule has 2 rings (SSSR count). The van der Waals surface area contributed by atoms with Crippen molar-refractivity contribution < 1.29 is 9.50 Å². The van der Waals surface area contributed by atoms with E-state index < -0.39 is 0 Å². The fraction of sp³-hybridized carbons (Fsp3) is 0.562. The van der Waals surface area contributed by atoms with Crippen LogP contribution < -0.4 is 0 Å². The van der Waals surface area contributed by atoms with Gasteiger partial charge < -0.3 is 5.11 Å². The topological polar surface area (TPSA) is 47.3 Å². The number of hydrogen-bond acceptors (Lipinski definition) is 3. The fourth-order valence-electron chi connectivity index (χ4n) is 2.91. The van der Waals surface area contributed by atoms with Crippen LogP contribution in [0.1, 0.15) is 43.7 Å². The van der Waals surface area contributed by atoms with Crippen molar-refractivity contribution in [3.8, 4) is 6.07 Å². The maximum atomic E-state index is 13.9. The normalized spacial score (nSPS) is 21.4. The molecule has 0 saturated carbocycles. The van der Waals surface area contributed by atoms with E-state index in [-0.39, 0.29) is 11.9 Å². The molecule has 3 nitrogen and oxygen atoms in total. The van der Waals surface area contributed by atoms with Gasteiger partial charge in [-0.1, -0.05) is 6.42 Å². The van der Waals surface area contributed by atoms with E-state index in [0.717, 1.165) is 32.2 Å². The van der Waals surface area contributed by atoms with Gasteiger partial charge in [-0.05, 0) is 50.9 Å². The summed E-state index contributed by atoms with van der Waals surface area (Å²) in [6, 6.07) is 6.84. The predicted octanol–water partition coefficient (Wildman–Crippen LogP) is 2.82. The van der Waals surface area contributed by atoms with Gasteiger partial charge in [-0.2, -0.15) is 5.26 Å². The van der Waals surface area contributed by atoms with E-state index in [1.807, 2.05) is 0 Å². The molecule has 0 aromatic heterocycles. The number of nitrogens with zero attached hydrogens (tertiary/aromatic N) is 2. The first-order chi connectivity index (χ1) is 9.60. The smallest absolute Gasteiger partial charge is 0.127 e. The quantitative estimate of drug-likeness (QED) is 0.920. The molecule has 2 unspecified atom stereocenters. The summed E-state index contributed by atoms with van der Waals surface area (Å²) in [4.78, 5) is 2.23. The zero-order valence-electron chi connectivity index (χ0n) is 11.8. The van der Waals surface area contributed by atoms with Crippen LogP contribution in [-0.2, 0) is 6.54 Å². The van der Waals surface area contributed by atoms with Crippen LogP contribution in [0.5, 0.6) is 0 Å². The molecule has 0 bridgehead atoms. The highest BCUT2D eigenvalue weighted by atomic mass is 19.1. The monoisotopic (exact) mass is 276 g/mol. The Balaban J connectivity index is 2.12. The van der Waals surface area contributed by atoms with Crippen molar-refractivity contribution in [3.63, 3.8) is 0 Å². The number of piperidine rings is 1. The van der Waals surface area contributed by atoms with Crippen molar-refractivity contribution in [2.24, 2.45) is 0 Å². The Bertz CT molecular complexity index is 496. The highest BCUT2D eigenvalue weighted by molar-refractivity contribution is 5.33. The van der Waals surface area contributed by atoms with Crippen molar-refractivity contribution in [1.29, 1.82) is 5.26 Å². The fourth-order valence-corrected chi connectivity index (χ4v) is 2.91. The number of likely N-dealkylation sites (tertiary alicyclic amines) is 1. The lowest BCUT2D eigenvalue weighted by atomic mass is 9.96. The predicted molar refractivity (Wildman–Crippen MR) is 75.5 cm³/mol. The zero-order valence-corrected chi connectivity index (χ0v) is 11.8. The maximum Gasteiger partial charge on any atom is 0.127 e. The van der Waals surface area contributed by atoms with E-state index >= 15 is 0 Å². The molecule has 0 spiro atoms. The molecule has 2 atom stereocenters. The summed E-state index contributed by atoms with van der Waals surface area (Å²) in [7, 11) is 0. The highest BCUT2D eigenvalue weighted by Gasteiger charge is 2.24. The highest BCUT2D eigenvalue weighted by Crippen LogP contribution is 2.24. The molecule has 0 aliphatic carbocycles. The van der Waals surface area contributed by atoms with Gasteiger partial charge >= 0.3 is 0 Å². The molecule has 1 aromatic rings. The molecule has 0 amide bonds. The molecule has 1 heterocycles. The van der Waals surface area contributed by atoms with Crippen LogP contribution in [0.3, 0.4) is 0 Å². The van der Waals surface area contributed by atoms with E-state index in [1.165, 1.54) is 12.1 Å². The molecule has 1 fully saturated rings. The zero-order chi connectivity index (χ0) is 14.5. The summed E-state index contributed by atoms with van der Waals surface area (Å²) in [6.07, 6.45) is 3.70. The van der Waals surface area contributed by atoms with Crippen LogP contribution in [0.2, 0.25) is 0 Å². The third-order valence-electron chi connectivity index (χ3n) is 3.91. The number of hydrogen-bond donors (Lipinski definition) is 1. The van der Waals surface area contributed by atoms with E-state index in [2.05, 4.69) is 11.0 Å². The van der Waals surface area contributed by atoms with Gasteiger partial charge in [0.1, 0.15) is 5.82 Å². The second kappa shape index (κ2) is 6.83. The van der Waals surface area contributed by atoms with E-state index in [9.17, 15) is 9.50 Å². The Hall–Kier alpha value is -1.44. The third-order valence-corrected chi connectivity index (χ3v) is 3.91. The Labute approximate surface area is 119 Å². The summed E-state index contributed by atoms with van der Waals surface area (Å²) in [5.41, 5.74) is 1.06. The van der Waals surface area contributed by atoms with Crippen LogP contribution in [0.4, 0.5) is 4.39 Å². The summed E-state index contributed by atoms with van der Waals surface area (Å²) in [5.74, 6) is -0.259. The van der Waals surface area contributed by atoms with Crippen LogP contribution in [-0.4, -0.2) is 28.7 Å². The SMILES string of the molecule is CC(O)CC1CCCCN1Cc1cc(C#N)ccc1F. The summed E-state index contributed by atoms with van der Waals surface area (Å²) >= 11 is 0. The first-order valence-corrected chi connectivity index (χ1v) is 7.21. The largest absolute Gasteiger partial charge is 0.393 e. The Morgan fingerprint density at radius 2 is 2.30 bits per heavy atom. The van der Waals surface area contributed by atoms with Crippen molar-refractivity contribution in [3.05, 3.63) is 35.1 Å². The molecule has 1 aromatic carbocycles. The molecule has 1 saturated heterocycles. The lowest BCUT2D eigenvalue weighted by Gasteiger charge is -2.36. The van der Waals surface area contributed by atoms with E-state index in [4.69, 9.17) is 5.26 Å². The van der Waals surface area contributed by atoms with Crippen molar-refractivity contribution in [2.75, 3.05) is 6.54 Å². The number of halogens is 1. The second-order valence-electron chi connectivity index (χ2n) is 5.62. The number of benzene rings is 1. The molecule has 20 heavy (non-hydrogen) atoms. The van der Waals surface area contributed by atoms with Gasteiger partial charge in [0.15, 0.2) is 0 Å². The van der Waals surface area contributed by atoms with Gasteiger partial charge in [-0.3, -0.25) is 4.90 Å². The molecule has 108 valence electrons. The maximum absolute atomic E-state index is 13.9. The molecule has 4 heteroatoms. The van der Waals surface area contributed by atoms with Gasteiger partial charge in [-0.25, -0.2) is 4.39 Å². The number of nitriles is 1. The lowest BCUT2D eigenvalue weighted by molar-refractivity contribution is 0.0810. The summed E-state index contributed by atoms with van der Waals surface area (Å²) in [5, 5.41) is 18.5. The molecular weight excluding hydrogens is 255 g/mol. The average molecular weight is 276 g/mol. The van der Waals surface area contributed by atoms with Crippen molar-refractivity contribution >= 4 is 0 Å². The molecule has 0 radical (unpaired) electrons. The first-order valence-electron chi connectivity index (χ1n) is 7.21. The Morgan fingerprint density at radius 1 is 1.50 bits per heavy atom. The van der Waals surface area contributed by atoms with Crippen molar-refractivity contribution in [1.82, 2.24) is 4.90 Å². The number of aliphatic hydroxyl groups is 1. The van der Waals surface area contributed by atoms with Crippen LogP contribution >= 0.6 is 0 Å².